The van der Waals surface area contributed by atoms with Crippen LogP contribution in [0.4, 0.5) is 0 Å². The number of amides is 1. The van der Waals surface area contributed by atoms with Crippen molar-refractivity contribution < 1.29 is 13.9 Å². The number of aryl methyl sites for hydroxylation is 2. The Morgan fingerprint density at radius 3 is 2.94 bits per heavy atom. The van der Waals surface area contributed by atoms with E-state index in [0.29, 0.717) is 38.4 Å². The number of hydrogen-bond donors (Lipinski definition) is 0. The smallest absolute Gasteiger partial charge is 0.408 e. The lowest BCUT2D eigenvalue weighted by Gasteiger charge is -2.36. The van der Waals surface area contributed by atoms with Crippen LogP contribution in [0, 0.1) is 12.3 Å². The summed E-state index contributed by atoms with van der Waals surface area (Å²) >= 11 is 0. The van der Waals surface area contributed by atoms with Crippen LogP contribution in [0.15, 0.2) is 39.7 Å². The molecule has 1 amide bonds. The fourth-order valence-electron chi connectivity index (χ4n) is 5.31. The summed E-state index contributed by atoms with van der Waals surface area (Å²) in [5, 5.41) is 0. The SMILES string of the molecule is COC[C@]1(C(=O)N2CCc3ncc(C)cc3C2)CCN(Cc2ccc3oc(=O)n(C)c3c2)C1. The molecule has 5 rings (SSSR count). The zero-order valence-corrected chi connectivity index (χ0v) is 19.5. The molecule has 0 aliphatic carbocycles. The number of fused-ring (bicyclic) bond motifs is 2. The maximum Gasteiger partial charge on any atom is 0.419 e. The average Bonchev–Trinajstić information content (AvgIpc) is 3.34. The Kier molecular flexibility index (Phi) is 5.58. The van der Waals surface area contributed by atoms with Crippen LogP contribution >= 0.6 is 0 Å². The van der Waals surface area contributed by atoms with Gasteiger partial charge in [-0.2, -0.15) is 0 Å². The normalized spacial score (nSPS) is 21.0. The van der Waals surface area contributed by atoms with Crippen molar-refractivity contribution in [1.29, 1.82) is 0 Å². The van der Waals surface area contributed by atoms with E-state index in [2.05, 4.69) is 16.0 Å². The van der Waals surface area contributed by atoms with Crippen molar-refractivity contribution in [3.05, 3.63) is 63.4 Å². The summed E-state index contributed by atoms with van der Waals surface area (Å²) in [4.78, 5) is 34.4. The van der Waals surface area contributed by atoms with Gasteiger partial charge >= 0.3 is 5.76 Å². The van der Waals surface area contributed by atoms with E-state index >= 15 is 0 Å². The Labute approximate surface area is 192 Å². The Balaban J connectivity index is 1.33. The zero-order valence-electron chi connectivity index (χ0n) is 19.5. The molecule has 1 saturated heterocycles. The lowest BCUT2D eigenvalue weighted by Crippen LogP contribution is -2.49. The number of rotatable bonds is 5. The molecular weight excluding hydrogens is 420 g/mol. The number of carbonyl (C=O) groups is 1. The third-order valence-electron chi connectivity index (χ3n) is 7.03. The molecule has 1 atom stereocenters. The first-order valence-corrected chi connectivity index (χ1v) is 11.4. The first-order valence-electron chi connectivity index (χ1n) is 11.4. The monoisotopic (exact) mass is 450 g/mol. The molecule has 0 radical (unpaired) electrons. The summed E-state index contributed by atoms with van der Waals surface area (Å²) in [6.07, 6.45) is 3.45. The van der Waals surface area contributed by atoms with Gasteiger partial charge in [0, 0.05) is 58.6 Å². The fourth-order valence-corrected chi connectivity index (χ4v) is 5.31. The van der Waals surface area contributed by atoms with Crippen molar-refractivity contribution in [3.8, 4) is 0 Å². The Bertz CT molecular complexity index is 1260. The van der Waals surface area contributed by atoms with Gasteiger partial charge in [0.1, 0.15) is 0 Å². The van der Waals surface area contributed by atoms with Crippen LogP contribution in [0.1, 0.15) is 28.8 Å². The molecule has 0 bridgehead atoms. The van der Waals surface area contributed by atoms with E-state index in [4.69, 9.17) is 9.15 Å². The molecule has 0 N–H and O–H groups in total. The van der Waals surface area contributed by atoms with Gasteiger partial charge in [0.2, 0.25) is 5.91 Å². The van der Waals surface area contributed by atoms with E-state index in [1.807, 2.05) is 36.2 Å². The molecular formula is C25H30N4O4. The molecule has 2 aliphatic rings. The molecule has 174 valence electrons. The largest absolute Gasteiger partial charge is 0.419 e. The molecule has 3 aromatic rings. The number of aromatic nitrogens is 2. The lowest BCUT2D eigenvalue weighted by atomic mass is 9.85. The topological polar surface area (TPSA) is 80.8 Å². The van der Waals surface area contributed by atoms with Gasteiger partial charge in [0.25, 0.3) is 0 Å². The van der Waals surface area contributed by atoms with Gasteiger partial charge in [-0.25, -0.2) is 4.79 Å². The number of benzene rings is 1. The second-order valence-corrected chi connectivity index (χ2v) is 9.50. The van der Waals surface area contributed by atoms with Crippen molar-refractivity contribution in [1.82, 2.24) is 19.4 Å². The average molecular weight is 451 g/mol. The lowest BCUT2D eigenvalue weighted by molar-refractivity contribution is -0.145. The second kappa shape index (κ2) is 8.43. The molecule has 8 heteroatoms. The van der Waals surface area contributed by atoms with Crippen molar-refractivity contribution >= 4 is 17.0 Å². The van der Waals surface area contributed by atoms with E-state index in [9.17, 15) is 9.59 Å². The Morgan fingerprint density at radius 2 is 2.12 bits per heavy atom. The highest BCUT2D eigenvalue weighted by atomic mass is 16.5. The van der Waals surface area contributed by atoms with Gasteiger partial charge in [-0.05, 0) is 48.7 Å². The summed E-state index contributed by atoms with van der Waals surface area (Å²) in [5.41, 5.74) is 5.29. The van der Waals surface area contributed by atoms with Gasteiger partial charge in [-0.1, -0.05) is 12.1 Å². The van der Waals surface area contributed by atoms with E-state index in [1.165, 1.54) is 4.57 Å². The molecule has 0 unspecified atom stereocenters. The highest BCUT2D eigenvalue weighted by Crippen LogP contribution is 2.35. The summed E-state index contributed by atoms with van der Waals surface area (Å²) in [6, 6.07) is 7.97. The van der Waals surface area contributed by atoms with Crippen molar-refractivity contribution in [3.63, 3.8) is 0 Å². The molecule has 0 spiro atoms. The number of pyridine rings is 1. The van der Waals surface area contributed by atoms with Crippen molar-refractivity contribution in [2.24, 2.45) is 12.5 Å². The number of nitrogens with zero attached hydrogens (tertiary/aromatic N) is 4. The van der Waals surface area contributed by atoms with Crippen LogP contribution in [0.2, 0.25) is 0 Å². The van der Waals surface area contributed by atoms with E-state index in [0.717, 1.165) is 47.3 Å². The minimum atomic E-state index is -0.546. The quantitative estimate of drug-likeness (QED) is 0.593. The molecule has 33 heavy (non-hydrogen) atoms. The highest BCUT2D eigenvalue weighted by Gasteiger charge is 2.47. The Hall–Kier alpha value is -2.97. The number of ether oxygens (including phenoxy) is 1. The summed E-state index contributed by atoms with van der Waals surface area (Å²) in [6.45, 7) is 5.93. The van der Waals surface area contributed by atoms with Crippen LogP contribution in [-0.4, -0.2) is 58.6 Å². The molecule has 4 heterocycles. The predicted molar refractivity (Wildman–Crippen MR) is 124 cm³/mol. The van der Waals surface area contributed by atoms with Crippen LogP contribution in [0.3, 0.4) is 0 Å². The van der Waals surface area contributed by atoms with Crippen LogP contribution in [0.25, 0.3) is 11.1 Å². The predicted octanol–water partition coefficient (Wildman–Crippen LogP) is 2.26. The number of methoxy groups -OCH3 is 1. The number of carbonyl (C=O) groups excluding carboxylic acids is 1. The van der Waals surface area contributed by atoms with Crippen LogP contribution in [-0.2, 0) is 36.1 Å². The maximum atomic E-state index is 13.8. The van der Waals surface area contributed by atoms with E-state index in [1.54, 1.807) is 14.2 Å². The molecule has 1 aromatic carbocycles. The van der Waals surface area contributed by atoms with Crippen molar-refractivity contribution in [2.45, 2.75) is 32.9 Å². The zero-order chi connectivity index (χ0) is 23.2. The standard InChI is InChI=1S/C25H30N4O4/c1-17-10-19-14-29(8-6-20(19)26-12-17)23(30)25(16-32-3)7-9-28(15-25)13-18-4-5-22-21(11-18)27(2)24(31)33-22/h4-5,10-12H,6-9,13-16H2,1-3H3/t25-/m0/s1. The number of hydrogen-bond acceptors (Lipinski definition) is 6. The van der Waals surface area contributed by atoms with Gasteiger partial charge < -0.3 is 14.1 Å². The van der Waals surface area contributed by atoms with Gasteiger partial charge in [0.15, 0.2) is 5.58 Å². The first kappa shape index (κ1) is 21.9. The second-order valence-electron chi connectivity index (χ2n) is 9.50. The third kappa shape index (κ3) is 3.98. The third-order valence-corrected chi connectivity index (χ3v) is 7.03. The van der Waals surface area contributed by atoms with Crippen LogP contribution in [0.5, 0.6) is 0 Å². The molecule has 0 saturated carbocycles. The fraction of sp³-hybridized carbons (Fsp3) is 0.480. The van der Waals surface area contributed by atoms with Crippen molar-refractivity contribution in [2.75, 3.05) is 33.4 Å². The maximum absolute atomic E-state index is 13.8. The molecule has 2 aromatic heterocycles. The summed E-state index contributed by atoms with van der Waals surface area (Å²) in [5.74, 6) is -0.187. The van der Waals surface area contributed by atoms with E-state index in [-0.39, 0.29) is 11.7 Å². The Morgan fingerprint density at radius 1 is 1.27 bits per heavy atom. The molecule has 1 fully saturated rings. The van der Waals surface area contributed by atoms with Gasteiger partial charge in [0.05, 0.1) is 17.5 Å². The van der Waals surface area contributed by atoms with E-state index < -0.39 is 5.41 Å². The highest BCUT2D eigenvalue weighted by molar-refractivity contribution is 5.84. The first-order chi connectivity index (χ1) is 15.9. The number of likely N-dealkylation sites (tertiary alicyclic amines) is 1. The van der Waals surface area contributed by atoms with Gasteiger partial charge in [-0.3, -0.25) is 19.2 Å². The van der Waals surface area contributed by atoms with Gasteiger partial charge in [-0.15, -0.1) is 0 Å². The summed E-state index contributed by atoms with van der Waals surface area (Å²) in [7, 11) is 3.38. The molecule has 8 nitrogen and oxygen atoms in total. The summed E-state index contributed by atoms with van der Waals surface area (Å²) < 4.78 is 12.3. The minimum Gasteiger partial charge on any atom is -0.408 e. The minimum absolute atomic E-state index is 0.173. The van der Waals surface area contributed by atoms with Crippen LogP contribution < -0.4 is 5.76 Å². The molecule has 2 aliphatic heterocycles. The number of oxazole rings is 1.